The molecule has 0 bridgehead atoms. The van der Waals surface area contributed by atoms with Gasteiger partial charge in [-0.3, -0.25) is 0 Å². The zero-order valence-electron chi connectivity index (χ0n) is 41.1. The molecule has 0 aromatic heterocycles. The van der Waals surface area contributed by atoms with Crippen LogP contribution in [0.4, 0.5) is 0 Å². The highest BCUT2D eigenvalue weighted by Gasteiger charge is 2.34. The molecule has 0 amide bonds. The Morgan fingerprint density at radius 2 is 0.656 bits per heavy atom. The first-order chi connectivity index (χ1) is 29.3. The fourth-order valence-corrected chi connectivity index (χ4v) is 8.78. The van der Waals surface area contributed by atoms with Crippen LogP contribution >= 0.6 is 0 Å². The molecular formula is C56H72O8. The Labute approximate surface area is 381 Å². The Kier molecular flexibility index (Phi) is 15.2. The maximum absolute atomic E-state index is 13.7. The Hall–Kier alpha value is -5.44. The van der Waals surface area contributed by atoms with E-state index in [1.807, 2.05) is 64.1 Å². The quantitative estimate of drug-likeness (QED) is 0.0855. The molecule has 344 valence electrons. The van der Waals surface area contributed by atoms with E-state index < -0.39 is 22.8 Å². The van der Waals surface area contributed by atoms with Crippen LogP contribution in [0.2, 0.25) is 0 Å². The number of aliphatic hydroxyl groups excluding tert-OH is 2. The summed E-state index contributed by atoms with van der Waals surface area (Å²) >= 11 is 0. The standard InChI is InChI=1S/C54H66O6.C2H6O2/c1-29-19-33(27-35-21-31(3)25-41(47(35)55)53(11,12)13)43(39(23-29)51(5,6)7)45-37(49(57)58)17-18-38(50(59)60)46(45)44-34(20-30(2)24-40(44)52(8,9)10)28-36-22-32(4)26-42(48(36)56)54(14,15)16;3-1-2-4/h17-26,55-56H,27-28H2,1-16H3,(H,57,58)(H,59,60);3-4H,1-2H2. The van der Waals surface area contributed by atoms with E-state index >= 15 is 0 Å². The van der Waals surface area contributed by atoms with Gasteiger partial charge in [-0.2, -0.15) is 0 Å². The fraction of sp³-hybridized carbons (Fsp3) is 0.429. The Morgan fingerprint density at radius 1 is 0.406 bits per heavy atom. The molecule has 0 heterocycles. The van der Waals surface area contributed by atoms with Gasteiger partial charge in [0, 0.05) is 24.0 Å². The molecule has 6 N–H and O–H groups in total. The minimum absolute atomic E-state index is 0.0192. The second-order valence-electron chi connectivity index (χ2n) is 21.7. The predicted octanol–water partition coefficient (Wildman–Crippen LogP) is 12.4. The number of carboxylic acid groups (broad SMARTS) is 2. The summed E-state index contributed by atoms with van der Waals surface area (Å²) in [4.78, 5) is 27.4. The van der Waals surface area contributed by atoms with Crippen molar-refractivity contribution in [1.82, 2.24) is 0 Å². The molecule has 0 unspecified atom stereocenters. The summed E-state index contributed by atoms with van der Waals surface area (Å²) in [6.45, 7) is 32.7. The number of aromatic carboxylic acids is 2. The molecule has 5 aromatic carbocycles. The highest BCUT2D eigenvalue weighted by molar-refractivity contribution is 6.10. The lowest BCUT2D eigenvalue weighted by Gasteiger charge is -2.32. The Morgan fingerprint density at radius 3 is 0.891 bits per heavy atom. The van der Waals surface area contributed by atoms with Gasteiger partial charge in [0.15, 0.2) is 0 Å². The summed E-state index contributed by atoms with van der Waals surface area (Å²) < 4.78 is 0. The lowest BCUT2D eigenvalue weighted by atomic mass is 9.71. The summed E-state index contributed by atoms with van der Waals surface area (Å²) in [5.41, 5.74) is 10.4. The van der Waals surface area contributed by atoms with Crippen LogP contribution in [0, 0.1) is 27.7 Å². The van der Waals surface area contributed by atoms with Crippen molar-refractivity contribution < 1.29 is 40.2 Å². The number of phenolic OH excluding ortho intramolecular Hbond substituents is 2. The van der Waals surface area contributed by atoms with Gasteiger partial charge in [-0.25, -0.2) is 9.59 Å². The molecule has 0 radical (unpaired) electrons. The van der Waals surface area contributed by atoms with Crippen molar-refractivity contribution in [2.24, 2.45) is 0 Å². The van der Waals surface area contributed by atoms with Crippen molar-refractivity contribution in [2.75, 3.05) is 13.2 Å². The number of aryl methyl sites for hydroxylation is 4. The lowest BCUT2D eigenvalue weighted by Crippen LogP contribution is -2.19. The smallest absolute Gasteiger partial charge is 0.336 e. The van der Waals surface area contributed by atoms with E-state index in [4.69, 9.17) is 10.2 Å². The molecule has 5 aromatic rings. The van der Waals surface area contributed by atoms with E-state index in [2.05, 4.69) is 95.2 Å². The average Bonchev–Trinajstić information content (AvgIpc) is 3.15. The summed E-state index contributed by atoms with van der Waals surface area (Å²) in [6, 6.07) is 19.1. The van der Waals surface area contributed by atoms with Crippen LogP contribution in [0.25, 0.3) is 22.3 Å². The average molecular weight is 873 g/mol. The van der Waals surface area contributed by atoms with Crippen LogP contribution in [0.3, 0.4) is 0 Å². The van der Waals surface area contributed by atoms with Crippen LogP contribution in [0.5, 0.6) is 11.5 Å². The van der Waals surface area contributed by atoms with Gasteiger partial charge in [0.2, 0.25) is 0 Å². The zero-order valence-corrected chi connectivity index (χ0v) is 41.1. The topological polar surface area (TPSA) is 156 Å². The summed E-state index contributed by atoms with van der Waals surface area (Å²) in [7, 11) is 0. The second kappa shape index (κ2) is 19.0. The van der Waals surface area contributed by atoms with E-state index in [-0.39, 0.29) is 59.5 Å². The molecule has 0 saturated carbocycles. The molecular weight excluding hydrogens is 801 g/mol. The minimum Gasteiger partial charge on any atom is -0.507 e. The summed E-state index contributed by atoms with van der Waals surface area (Å²) in [6.07, 6.45) is 0.540. The first-order valence-corrected chi connectivity index (χ1v) is 22.1. The normalized spacial score (nSPS) is 12.2. The first kappa shape index (κ1) is 51.2. The van der Waals surface area contributed by atoms with Crippen molar-refractivity contribution >= 4 is 11.9 Å². The SMILES string of the molecule is Cc1cc(Cc2cc(C)cc(C(C)(C)C)c2-c2c(C(=O)O)ccc(C(=O)O)c2-c2c(Cc3cc(C)cc(C(C)(C)C)c3O)cc(C)cc2C(C)(C)C)c(O)c(C(C)(C)C)c1.OCCO. The Balaban J connectivity index is 0.00000215. The molecule has 64 heavy (non-hydrogen) atoms. The van der Waals surface area contributed by atoms with Gasteiger partial charge >= 0.3 is 11.9 Å². The third kappa shape index (κ3) is 11.3. The van der Waals surface area contributed by atoms with Crippen LogP contribution in [-0.4, -0.2) is 55.8 Å². The number of hydrogen-bond donors (Lipinski definition) is 6. The predicted molar refractivity (Wildman–Crippen MR) is 261 cm³/mol. The summed E-state index contributed by atoms with van der Waals surface area (Å²) in [5.74, 6) is -1.97. The van der Waals surface area contributed by atoms with Crippen molar-refractivity contribution in [3.63, 3.8) is 0 Å². The molecule has 0 spiro atoms. The monoisotopic (exact) mass is 873 g/mol. The number of aliphatic hydroxyl groups is 2. The largest absolute Gasteiger partial charge is 0.507 e. The van der Waals surface area contributed by atoms with Crippen LogP contribution in [-0.2, 0) is 34.5 Å². The van der Waals surface area contributed by atoms with E-state index in [1.165, 1.54) is 12.1 Å². The molecule has 5 rings (SSSR count). The third-order valence-electron chi connectivity index (χ3n) is 11.7. The summed E-state index contributed by atoms with van der Waals surface area (Å²) in [5, 5.41) is 61.5. The highest BCUT2D eigenvalue weighted by atomic mass is 16.4. The molecule has 0 aliphatic heterocycles. The molecule has 8 nitrogen and oxygen atoms in total. The van der Waals surface area contributed by atoms with Gasteiger partial charge in [-0.15, -0.1) is 0 Å². The first-order valence-electron chi connectivity index (χ1n) is 22.1. The molecule has 8 heteroatoms. The van der Waals surface area contributed by atoms with Crippen molar-refractivity contribution in [3.8, 4) is 33.8 Å². The van der Waals surface area contributed by atoms with E-state index in [9.17, 15) is 30.0 Å². The van der Waals surface area contributed by atoms with Gasteiger partial charge in [-0.05, 0) is 117 Å². The van der Waals surface area contributed by atoms with Gasteiger partial charge < -0.3 is 30.6 Å². The Bertz CT molecular complexity index is 2390. The van der Waals surface area contributed by atoms with Crippen LogP contribution in [0.15, 0.2) is 60.7 Å². The second-order valence-corrected chi connectivity index (χ2v) is 21.7. The molecule has 0 fully saturated rings. The van der Waals surface area contributed by atoms with E-state index in [0.717, 1.165) is 55.6 Å². The zero-order chi connectivity index (χ0) is 48.6. The lowest BCUT2D eigenvalue weighted by molar-refractivity contribution is 0.0682. The van der Waals surface area contributed by atoms with Crippen LogP contribution < -0.4 is 0 Å². The molecule has 0 atom stereocenters. The molecule has 0 aliphatic rings. The molecule has 0 aliphatic carbocycles. The third-order valence-corrected chi connectivity index (χ3v) is 11.7. The number of aromatic hydroxyl groups is 2. The fourth-order valence-electron chi connectivity index (χ4n) is 8.78. The van der Waals surface area contributed by atoms with Crippen molar-refractivity contribution in [3.05, 3.63) is 139 Å². The molecule has 0 saturated heterocycles. The van der Waals surface area contributed by atoms with Crippen LogP contribution in [0.1, 0.15) is 171 Å². The van der Waals surface area contributed by atoms with Gasteiger partial charge in [0.1, 0.15) is 11.5 Å². The number of phenols is 2. The maximum Gasteiger partial charge on any atom is 0.336 e. The van der Waals surface area contributed by atoms with Crippen molar-refractivity contribution in [1.29, 1.82) is 0 Å². The van der Waals surface area contributed by atoms with Crippen molar-refractivity contribution in [2.45, 2.75) is 145 Å². The number of carboxylic acids is 2. The highest BCUT2D eigenvalue weighted by Crippen LogP contribution is 2.50. The number of hydrogen-bond acceptors (Lipinski definition) is 6. The maximum atomic E-state index is 13.7. The van der Waals surface area contributed by atoms with Gasteiger partial charge in [-0.1, -0.05) is 154 Å². The number of benzene rings is 5. The van der Waals surface area contributed by atoms with E-state index in [1.54, 1.807) is 0 Å². The van der Waals surface area contributed by atoms with Gasteiger partial charge in [0.05, 0.1) is 24.3 Å². The number of rotatable bonds is 9. The minimum atomic E-state index is -1.18. The van der Waals surface area contributed by atoms with Gasteiger partial charge in [0.25, 0.3) is 0 Å². The number of carbonyl (C=O) groups is 2. The van der Waals surface area contributed by atoms with E-state index in [0.29, 0.717) is 33.4 Å².